The van der Waals surface area contributed by atoms with Gasteiger partial charge in [0.2, 0.25) is 5.91 Å². The van der Waals surface area contributed by atoms with E-state index >= 15 is 0 Å². The van der Waals surface area contributed by atoms with Crippen LogP contribution in [0.4, 0.5) is 11.4 Å². The zero-order valence-corrected chi connectivity index (χ0v) is 13.1. The van der Waals surface area contributed by atoms with Crippen molar-refractivity contribution in [3.63, 3.8) is 0 Å². The monoisotopic (exact) mass is 345 g/mol. The summed E-state index contributed by atoms with van der Waals surface area (Å²) in [4.78, 5) is 36.5. The molecule has 2 aromatic carbocycles. The van der Waals surface area contributed by atoms with E-state index in [9.17, 15) is 19.7 Å². The number of hydrogen-bond donors (Lipinski definition) is 1. The fourth-order valence-electron chi connectivity index (χ4n) is 2.83. The highest BCUT2D eigenvalue weighted by Crippen LogP contribution is 2.35. The number of halogens is 1. The molecule has 7 nitrogen and oxygen atoms in total. The molecule has 1 aliphatic heterocycles. The van der Waals surface area contributed by atoms with Gasteiger partial charge in [-0.2, -0.15) is 0 Å². The highest BCUT2D eigenvalue weighted by Gasteiger charge is 2.39. The molecule has 0 aliphatic carbocycles. The third-order valence-corrected chi connectivity index (χ3v) is 4.14. The van der Waals surface area contributed by atoms with Crippen LogP contribution < -0.4 is 10.6 Å². The molecule has 0 fully saturated rings. The SMILES string of the molecule is NC(=O)C1Cc2ccccc2N1C(=O)c1cc(Cl)ccc1[N+](=O)[O-]. The molecule has 3 rings (SSSR count). The standard InChI is InChI=1S/C16H12ClN3O4/c17-10-5-6-13(20(23)24)11(8-10)16(22)19-12-4-2-1-3-9(12)7-14(19)15(18)21/h1-6,8,14H,7H2,(H2,18,21). The smallest absolute Gasteiger partial charge is 0.282 e. The molecule has 0 bridgehead atoms. The quantitative estimate of drug-likeness (QED) is 0.680. The maximum atomic E-state index is 13.0. The number of anilines is 1. The zero-order chi connectivity index (χ0) is 17.4. The van der Waals surface area contributed by atoms with Gasteiger partial charge in [-0.25, -0.2) is 0 Å². The summed E-state index contributed by atoms with van der Waals surface area (Å²) < 4.78 is 0. The van der Waals surface area contributed by atoms with Gasteiger partial charge in [0.25, 0.3) is 11.6 Å². The fraction of sp³-hybridized carbons (Fsp3) is 0.125. The van der Waals surface area contributed by atoms with Crippen LogP contribution >= 0.6 is 11.6 Å². The summed E-state index contributed by atoms with van der Waals surface area (Å²) in [6, 6.07) is 9.78. The first-order chi connectivity index (χ1) is 11.4. The molecule has 0 saturated carbocycles. The van der Waals surface area contributed by atoms with Crippen LogP contribution in [0.1, 0.15) is 15.9 Å². The summed E-state index contributed by atoms with van der Waals surface area (Å²) in [6.07, 6.45) is 0.269. The van der Waals surface area contributed by atoms with Crippen molar-refractivity contribution in [2.75, 3.05) is 4.90 Å². The van der Waals surface area contributed by atoms with E-state index in [4.69, 9.17) is 17.3 Å². The molecule has 122 valence electrons. The lowest BCUT2D eigenvalue weighted by Gasteiger charge is -2.23. The molecule has 0 spiro atoms. The molecule has 2 aromatic rings. The summed E-state index contributed by atoms with van der Waals surface area (Å²) in [5.74, 6) is -1.36. The minimum atomic E-state index is -0.895. The molecule has 2 N–H and O–H groups in total. The number of para-hydroxylation sites is 1. The number of benzene rings is 2. The van der Waals surface area contributed by atoms with Crippen LogP contribution in [0.5, 0.6) is 0 Å². The molecule has 1 aliphatic rings. The lowest BCUT2D eigenvalue weighted by Crippen LogP contribution is -2.46. The summed E-state index contributed by atoms with van der Waals surface area (Å²) in [7, 11) is 0. The lowest BCUT2D eigenvalue weighted by molar-refractivity contribution is -0.385. The number of primary amides is 1. The Kier molecular flexibility index (Phi) is 3.94. The minimum absolute atomic E-state index is 0.185. The Hall–Kier alpha value is -2.93. The number of carbonyl (C=O) groups excluding carboxylic acids is 2. The van der Waals surface area contributed by atoms with Crippen molar-refractivity contribution in [2.45, 2.75) is 12.5 Å². The number of nitrogens with two attached hydrogens (primary N) is 1. The molecular weight excluding hydrogens is 334 g/mol. The van der Waals surface area contributed by atoms with Crippen LogP contribution in [-0.4, -0.2) is 22.8 Å². The summed E-state index contributed by atoms with van der Waals surface area (Å²) in [5.41, 5.74) is 6.15. The molecule has 1 unspecified atom stereocenters. The van der Waals surface area contributed by atoms with E-state index in [1.807, 2.05) is 0 Å². The highest BCUT2D eigenvalue weighted by atomic mass is 35.5. The number of nitro groups is 1. The van der Waals surface area contributed by atoms with Crippen molar-refractivity contribution in [3.8, 4) is 0 Å². The Labute approximate surface area is 141 Å². The van der Waals surface area contributed by atoms with E-state index < -0.39 is 22.8 Å². The Bertz CT molecular complexity index is 868. The van der Waals surface area contributed by atoms with Crippen molar-refractivity contribution < 1.29 is 14.5 Å². The Balaban J connectivity index is 2.13. The average Bonchev–Trinajstić information content (AvgIpc) is 2.93. The Morgan fingerprint density at radius 3 is 2.62 bits per heavy atom. The van der Waals surface area contributed by atoms with Gasteiger partial charge in [-0.15, -0.1) is 0 Å². The van der Waals surface area contributed by atoms with E-state index in [0.717, 1.165) is 11.6 Å². The number of amides is 2. The number of rotatable bonds is 3. The van der Waals surface area contributed by atoms with Crippen LogP contribution in [0.25, 0.3) is 0 Å². The molecule has 8 heteroatoms. The first-order valence-corrected chi connectivity index (χ1v) is 7.42. The molecule has 1 heterocycles. The first-order valence-electron chi connectivity index (χ1n) is 7.05. The second-order valence-electron chi connectivity index (χ2n) is 5.34. The Morgan fingerprint density at radius 2 is 1.96 bits per heavy atom. The number of fused-ring (bicyclic) bond motifs is 1. The maximum absolute atomic E-state index is 13.0. The van der Waals surface area contributed by atoms with Crippen molar-refractivity contribution in [2.24, 2.45) is 5.73 Å². The molecular formula is C16H12ClN3O4. The van der Waals surface area contributed by atoms with Gasteiger partial charge in [0.15, 0.2) is 0 Å². The van der Waals surface area contributed by atoms with Gasteiger partial charge in [0.1, 0.15) is 11.6 Å². The predicted octanol–water partition coefficient (Wildman–Crippen LogP) is 2.30. The number of hydrogen-bond acceptors (Lipinski definition) is 4. The van der Waals surface area contributed by atoms with E-state index in [1.165, 1.54) is 17.0 Å². The number of nitro benzene ring substituents is 1. The van der Waals surface area contributed by atoms with Crippen LogP contribution in [0.2, 0.25) is 5.02 Å². The number of carbonyl (C=O) groups is 2. The number of nitrogens with zero attached hydrogens (tertiary/aromatic N) is 2. The van der Waals surface area contributed by atoms with E-state index in [2.05, 4.69) is 0 Å². The van der Waals surface area contributed by atoms with Crippen LogP contribution in [0.15, 0.2) is 42.5 Å². The lowest BCUT2D eigenvalue weighted by atomic mass is 10.1. The second-order valence-corrected chi connectivity index (χ2v) is 5.78. The van der Waals surface area contributed by atoms with Crippen LogP contribution in [0, 0.1) is 10.1 Å². The summed E-state index contributed by atoms with van der Waals surface area (Å²) >= 11 is 5.89. The molecule has 24 heavy (non-hydrogen) atoms. The first kappa shape index (κ1) is 15.9. The maximum Gasteiger partial charge on any atom is 0.282 e. The molecule has 0 aromatic heterocycles. The van der Waals surface area contributed by atoms with Crippen LogP contribution in [-0.2, 0) is 11.2 Å². The van der Waals surface area contributed by atoms with Gasteiger partial charge >= 0.3 is 0 Å². The van der Waals surface area contributed by atoms with Gasteiger partial charge in [-0.1, -0.05) is 29.8 Å². The van der Waals surface area contributed by atoms with Gasteiger partial charge in [0, 0.05) is 23.2 Å². The third-order valence-electron chi connectivity index (χ3n) is 3.91. The van der Waals surface area contributed by atoms with Gasteiger partial charge < -0.3 is 5.73 Å². The van der Waals surface area contributed by atoms with E-state index in [-0.39, 0.29) is 22.7 Å². The largest absolute Gasteiger partial charge is 0.368 e. The molecule has 0 radical (unpaired) electrons. The third kappa shape index (κ3) is 2.59. The van der Waals surface area contributed by atoms with Crippen molar-refractivity contribution in [1.82, 2.24) is 0 Å². The van der Waals surface area contributed by atoms with E-state index in [0.29, 0.717) is 5.69 Å². The summed E-state index contributed by atoms with van der Waals surface area (Å²) in [6.45, 7) is 0. The van der Waals surface area contributed by atoms with Crippen LogP contribution in [0.3, 0.4) is 0 Å². The average molecular weight is 346 g/mol. The second kappa shape index (κ2) is 5.93. The topological polar surface area (TPSA) is 107 Å². The predicted molar refractivity (Wildman–Crippen MR) is 88.0 cm³/mol. The van der Waals surface area contributed by atoms with Gasteiger partial charge in [-0.3, -0.25) is 24.6 Å². The van der Waals surface area contributed by atoms with Crippen molar-refractivity contribution in [3.05, 3.63) is 68.7 Å². The highest BCUT2D eigenvalue weighted by molar-refractivity contribution is 6.31. The molecule has 2 amide bonds. The van der Waals surface area contributed by atoms with Gasteiger partial charge in [-0.05, 0) is 23.8 Å². The zero-order valence-electron chi connectivity index (χ0n) is 12.3. The Morgan fingerprint density at radius 1 is 1.25 bits per heavy atom. The van der Waals surface area contributed by atoms with Crippen molar-refractivity contribution in [1.29, 1.82) is 0 Å². The molecule has 1 atom stereocenters. The fourth-order valence-corrected chi connectivity index (χ4v) is 3.01. The van der Waals surface area contributed by atoms with E-state index in [1.54, 1.807) is 24.3 Å². The van der Waals surface area contributed by atoms with Gasteiger partial charge in [0.05, 0.1) is 4.92 Å². The molecule has 0 saturated heterocycles. The summed E-state index contributed by atoms with van der Waals surface area (Å²) in [5, 5.41) is 11.4. The van der Waals surface area contributed by atoms with Crippen molar-refractivity contribution >= 4 is 34.8 Å². The minimum Gasteiger partial charge on any atom is -0.368 e. The normalized spacial score (nSPS) is 15.9.